The van der Waals surface area contributed by atoms with Crippen molar-refractivity contribution in [2.75, 3.05) is 31.1 Å². The van der Waals surface area contributed by atoms with Crippen LogP contribution in [-0.2, 0) is 11.3 Å². The number of hydrogen-bond donors (Lipinski definition) is 1. The lowest BCUT2D eigenvalue weighted by atomic mass is 10.1. The van der Waals surface area contributed by atoms with E-state index in [1.165, 1.54) is 5.56 Å². The summed E-state index contributed by atoms with van der Waals surface area (Å²) in [7, 11) is 0. The quantitative estimate of drug-likeness (QED) is 0.814. The van der Waals surface area contributed by atoms with Gasteiger partial charge < -0.3 is 15.0 Å². The third-order valence-corrected chi connectivity index (χ3v) is 4.01. The number of morpholine rings is 1. The molecule has 1 saturated heterocycles. The highest BCUT2D eigenvalue weighted by Gasteiger charge is 2.20. The average Bonchev–Trinajstić information content (AvgIpc) is 2.48. The Balaban J connectivity index is 2.01. The molecule has 0 spiro atoms. The Labute approximate surface area is 127 Å². The summed E-state index contributed by atoms with van der Waals surface area (Å²) >= 11 is 6.46. The summed E-state index contributed by atoms with van der Waals surface area (Å²) in [5, 5.41) is 4.25. The lowest BCUT2D eigenvalue weighted by Gasteiger charge is -2.34. The van der Waals surface area contributed by atoms with Gasteiger partial charge in [-0.25, -0.2) is 0 Å². The Morgan fingerprint density at radius 2 is 2.25 bits per heavy atom. The number of nitrogens with zero attached hydrogens (tertiary/aromatic N) is 1. The van der Waals surface area contributed by atoms with Crippen molar-refractivity contribution >= 4 is 17.3 Å². The third-order valence-electron chi connectivity index (χ3n) is 3.70. The fraction of sp³-hybridized carbons (Fsp3) is 0.625. The van der Waals surface area contributed by atoms with Crippen LogP contribution in [0.4, 0.5) is 5.69 Å². The Morgan fingerprint density at radius 1 is 1.40 bits per heavy atom. The molecule has 1 atom stereocenters. The first-order valence-electron chi connectivity index (χ1n) is 7.60. The number of ether oxygens (including phenoxy) is 1. The summed E-state index contributed by atoms with van der Waals surface area (Å²) in [5.41, 5.74) is 2.38. The van der Waals surface area contributed by atoms with Crippen molar-refractivity contribution < 1.29 is 4.74 Å². The summed E-state index contributed by atoms with van der Waals surface area (Å²) < 4.78 is 5.71. The number of halogens is 1. The first-order chi connectivity index (χ1) is 9.74. The van der Waals surface area contributed by atoms with E-state index in [0.717, 1.165) is 56.3 Å². The van der Waals surface area contributed by atoms with Crippen molar-refractivity contribution in [1.29, 1.82) is 0 Å². The third kappa shape index (κ3) is 4.11. The fourth-order valence-electron chi connectivity index (χ4n) is 2.51. The second-order valence-corrected chi connectivity index (χ2v) is 5.72. The summed E-state index contributed by atoms with van der Waals surface area (Å²) in [5.74, 6) is 0. The molecule has 0 aliphatic carbocycles. The number of rotatable bonds is 6. The molecule has 0 aromatic heterocycles. The predicted molar refractivity (Wildman–Crippen MR) is 85.7 cm³/mol. The van der Waals surface area contributed by atoms with Crippen LogP contribution in [0.1, 0.15) is 32.3 Å². The van der Waals surface area contributed by atoms with Gasteiger partial charge in [0.15, 0.2) is 0 Å². The van der Waals surface area contributed by atoms with E-state index in [0.29, 0.717) is 6.10 Å². The van der Waals surface area contributed by atoms with Gasteiger partial charge in [-0.3, -0.25) is 0 Å². The first kappa shape index (κ1) is 15.6. The van der Waals surface area contributed by atoms with Gasteiger partial charge in [0.25, 0.3) is 0 Å². The van der Waals surface area contributed by atoms with Crippen molar-refractivity contribution in [3.05, 3.63) is 28.8 Å². The standard InChI is InChI=1S/C16H25ClN2O/c1-3-7-18-11-13-5-6-16(15(17)10-13)19-8-9-20-14(4-2)12-19/h5-6,10,14,18H,3-4,7-9,11-12H2,1-2H3. The zero-order valence-corrected chi connectivity index (χ0v) is 13.2. The van der Waals surface area contributed by atoms with Gasteiger partial charge in [0.1, 0.15) is 0 Å². The highest BCUT2D eigenvalue weighted by atomic mass is 35.5. The Morgan fingerprint density at radius 3 is 2.95 bits per heavy atom. The van der Waals surface area contributed by atoms with E-state index in [4.69, 9.17) is 16.3 Å². The van der Waals surface area contributed by atoms with Crippen LogP contribution >= 0.6 is 11.6 Å². The molecule has 1 aromatic rings. The molecular formula is C16H25ClN2O. The number of anilines is 1. The zero-order valence-electron chi connectivity index (χ0n) is 12.5. The van der Waals surface area contributed by atoms with Gasteiger partial charge in [-0.15, -0.1) is 0 Å². The summed E-state index contributed by atoms with van der Waals surface area (Å²) in [4.78, 5) is 2.34. The molecule has 112 valence electrons. The van der Waals surface area contributed by atoms with Crippen LogP contribution in [-0.4, -0.2) is 32.3 Å². The molecule has 1 N–H and O–H groups in total. The molecule has 1 fully saturated rings. The van der Waals surface area contributed by atoms with E-state index in [2.05, 4.69) is 42.3 Å². The molecule has 0 bridgehead atoms. The van der Waals surface area contributed by atoms with Gasteiger partial charge in [-0.1, -0.05) is 31.5 Å². The monoisotopic (exact) mass is 296 g/mol. The zero-order chi connectivity index (χ0) is 14.4. The van der Waals surface area contributed by atoms with E-state index in [1.807, 2.05) is 0 Å². The molecule has 0 saturated carbocycles. The van der Waals surface area contributed by atoms with E-state index >= 15 is 0 Å². The molecule has 1 aliphatic rings. The van der Waals surface area contributed by atoms with Crippen LogP contribution in [0, 0.1) is 0 Å². The lowest BCUT2D eigenvalue weighted by molar-refractivity contribution is 0.0384. The molecule has 0 amide bonds. The van der Waals surface area contributed by atoms with Gasteiger partial charge in [-0.05, 0) is 37.1 Å². The number of hydrogen-bond acceptors (Lipinski definition) is 3. The fourth-order valence-corrected chi connectivity index (χ4v) is 2.83. The number of nitrogens with one attached hydrogen (secondary N) is 1. The van der Waals surface area contributed by atoms with E-state index in [1.54, 1.807) is 0 Å². The predicted octanol–water partition coefficient (Wildman–Crippen LogP) is 3.45. The van der Waals surface area contributed by atoms with Gasteiger partial charge in [0.05, 0.1) is 23.4 Å². The molecular weight excluding hydrogens is 272 g/mol. The second-order valence-electron chi connectivity index (χ2n) is 5.31. The Bertz CT molecular complexity index is 425. The average molecular weight is 297 g/mol. The molecule has 20 heavy (non-hydrogen) atoms. The minimum atomic E-state index is 0.325. The molecule has 1 aliphatic heterocycles. The molecule has 1 heterocycles. The summed E-state index contributed by atoms with van der Waals surface area (Å²) in [6, 6.07) is 6.39. The second kappa shape index (κ2) is 7.87. The molecule has 3 nitrogen and oxygen atoms in total. The highest BCUT2D eigenvalue weighted by Crippen LogP contribution is 2.28. The van der Waals surface area contributed by atoms with Gasteiger partial charge in [0, 0.05) is 19.6 Å². The van der Waals surface area contributed by atoms with E-state index in [-0.39, 0.29) is 0 Å². The minimum Gasteiger partial charge on any atom is -0.375 e. The van der Waals surface area contributed by atoms with Crippen LogP contribution in [0.15, 0.2) is 18.2 Å². The van der Waals surface area contributed by atoms with Gasteiger partial charge >= 0.3 is 0 Å². The van der Waals surface area contributed by atoms with Crippen molar-refractivity contribution in [3.63, 3.8) is 0 Å². The van der Waals surface area contributed by atoms with Crippen LogP contribution in [0.2, 0.25) is 5.02 Å². The number of benzene rings is 1. The molecule has 1 aromatic carbocycles. The van der Waals surface area contributed by atoms with Gasteiger partial charge in [-0.2, -0.15) is 0 Å². The van der Waals surface area contributed by atoms with E-state index in [9.17, 15) is 0 Å². The maximum atomic E-state index is 6.46. The molecule has 2 rings (SSSR count). The molecule has 0 radical (unpaired) electrons. The maximum absolute atomic E-state index is 6.46. The lowest BCUT2D eigenvalue weighted by Crippen LogP contribution is -2.42. The molecule has 1 unspecified atom stereocenters. The summed E-state index contributed by atoms with van der Waals surface area (Å²) in [6.07, 6.45) is 2.52. The van der Waals surface area contributed by atoms with Crippen molar-refractivity contribution in [3.8, 4) is 0 Å². The van der Waals surface area contributed by atoms with Gasteiger partial charge in [0.2, 0.25) is 0 Å². The Hall–Kier alpha value is -0.770. The minimum absolute atomic E-state index is 0.325. The summed E-state index contributed by atoms with van der Waals surface area (Å²) in [6.45, 7) is 8.90. The topological polar surface area (TPSA) is 24.5 Å². The van der Waals surface area contributed by atoms with Crippen molar-refractivity contribution in [2.24, 2.45) is 0 Å². The van der Waals surface area contributed by atoms with Crippen LogP contribution in [0.3, 0.4) is 0 Å². The van der Waals surface area contributed by atoms with E-state index < -0.39 is 0 Å². The highest BCUT2D eigenvalue weighted by molar-refractivity contribution is 6.33. The van der Waals surface area contributed by atoms with Crippen molar-refractivity contribution in [2.45, 2.75) is 39.3 Å². The van der Waals surface area contributed by atoms with Crippen molar-refractivity contribution in [1.82, 2.24) is 5.32 Å². The van der Waals surface area contributed by atoms with Crippen LogP contribution < -0.4 is 10.2 Å². The largest absolute Gasteiger partial charge is 0.375 e. The maximum Gasteiger partial charge on any atom is 0.0748 e. The SMILES string of the molecule is CCCNCc1ccc(N2CCOC(CC)C2)c(Cl)c1. The van der Waals surface area contributed by atoms with Crippen LogP contribution in [0.5, 0.6) is 0 Å². The smallest absolute Gasteiger partial charge is 0.0748 e. The Kier molecular flexibility index (Phi) is 6.14. The first-order valence-corrected chi connectivity index (χ1v) is 7.98. The normalized spacial score (nSPS) is 19.4. The van der Waals surface area contributed by atoms with Crippen LogP contribution in [0.25, 0.3) is 0 Å². The molecule has 4 heteroatoms.